The molecule has 20 heavy (non-hydrogen) atoms. The van der Waals surface area contributed by atoms with Gasteiger partial charge in [0.2, 0.25) is 0 Å². The second-order valence-electron chi connectivity index (χ2n) is 4.87. The van der Waals surface area contributed by atoms with Crippen molar-refractivity contribution in [3.8, 4) is 0 Å². The van der Waals surface area contributed by atoms with E-state index in [2.05, 4.69) is 13.2 Å². The first-order valence-electron chi connectivity index (χ1n) is 6.55. The Kier molecular flexibility index (Phi) is 7.79. The summed E-state index contributed by atoms with van der Waals surface area (Å²) in [5.74, 6) is -0.772. The lowest BCUT2D eigenvalue weighted by Gasteiger charge is -2.36. The maximum atomic E-state index is 12.2. The maximum Gasteiger partial charge on any atom is 0.267 e. The first-order valence-corrected chi connectivity index (χ1v) is 6.55. The summed E-state index contributed by atoms with van der Waals surface area (Å²) in [6, 6.07) is 0. The normalized spacial score (nSPS) is 11.7. The lowest BCUT2D eigenvalue weighted by atomic mass is 10.2. The minimum absolute atomic E-state index is 0.00921. The number of hydrogen-bond donors (Lipinski definition) is 2. The third kappa shape index (κ3) is 5.54. The topological polar surface area (TPSA) is 86.9 Å². The zero-order chi connectivity index (χ0) is 15.9. The average Bonchev–Trinajstić information content (AvgIpc) is 2.35. The molecular weight excluding hydrogens is 258 g/mol. The molecule has 0 bridgehead atoms. The molecule has 0 aliphatic heterocycles. The van der Waals surface area contributed by atoms with Crippen molar-refractivity contribution < 1.29 is 14.7 Å². The van der Waals surface area contributed by atoms with Crippen molar-refractivity contribution >= 4 is 11.8 Å². The minimum Gasteiger partial charge on any atom is -0.391 e. The van der Waals surface area contributed by atoms with Gasteiger partial charge in [-0.15, -0.1) is 0 Å². The Bertz CT molecular complexity index is 391. The van der Waals surface area contributed by atoms with E-state index in [4.69, 9.17) is 5.73 Å². The smallest absolute Gasteiger partial charge is 0.267 e. The molecule has 0 aliphatic rings. The number of rotatable bonds is 7. The highest BCUT2D eigenvalue weighted by atomic mass is 16.3. The molecule has 0 radical (unpaired) electrons. The van der Waals surface area contributed by atoms with Crippen molar-refractivity contribution in [1.82, 2.24) is 10.0 Å². The fraction of sp³-hybridized carbons (Fsp3) is 0.571. The van der Waals surface area contributed by atoms with Gasteiger partial charge < -0.3 is 10.8 Å². The van der Waals surface area contributed by atoms with E-state index in [1.54, 1.807) is 20.8 Å². The number of hydrazine groups is 1. The second kappa shape index (κ2) is 8.50. The molecule has 0 aliphatic carbocycles. The highest BCUT2D eigenvalue weighted by molar-refractivity contribution is 5.97. The molecule has 1 unspecified atom stereocenters. The number of amides is 2. The van der Waals surface area contributed by atoms with Crippen LogP contribution in [0.15, 0.2) is 24.3 Å². The summed E-state index contributed by atoms with van der Waals surface area (Å²) < 4.78 is 0. The fourth-order valence-electron chi connectivity index (χ4n) is 1.55. The van der Waals surface area contributed by atoms with Gasteiger partial charge in [0.15, 0.2) is 0 Å². The molecule has 0 saturated carbocycles. The van der Waals surface area contributed by atoms with Crippen LogP contribution in [0.2, 0.25) is 0 Å². The summed E-state index contributed by atoms with van der Waals surface area (Å²) in [5.41, 5.74) is 6.06. The molecule has 6 nitrogen and oxygen atoms in total. The molecule has 0 aromatic heterocycles. The molecular formula is C14H25N3O3. The largest absolute Gasteiger partial charge is 0.391 e. The summed E-state index contributed by atoms with van der Waals surface area (Å²) in [5, 5.41) is 12.0. The van der Waals surface area contributed by atoms with Gasteiger partial charge in [-0.2, -0.15) is 0 Å². The van der Waals surface area contributed by atoms with Crippen LogP contribution in [0.1, 0.15) is 27.2 Å². The molecule has 1 atom stereocenters. The van der Waals surface area contributed by atoms with E-state index in [-0.39, 0.29) is 24.6 Å². The van der Waals surface area contributed by atoms with Crippen molar-refractivity contribution in [1.29, 1.82) is 0 Å². The molecule has 0 aromatic carbocycles. The van der Waals surface area contributed by atoms with Gasteiger partial charge in [0.05, 0.1) is 12.6 Å². The van der Waals surface area contributed by atoms with E-state index in [0.717, 1.165) is 0 Å². The van der Waals surface area contributed by atoms with Gasteiger partial charge in [-0.25, -0.2) is 10.0 Å². The minimum atomic E-state index is -0.767. The van der Waals surface area contributed by atoms with Gasteiger partial charge in [-0.3, -0.25) is 9.59 Å². The van der Waals surface area contributed by atoms with E-state index < -0.39 is 12.0 Å². The highest BCUT2D eigenvalue weighted by Gasteiger charge is 2.27. The van der Waals surface area contributed by atoms with Gasteiger partial charge >= 0.3 is 0 Å². The molecule has 0 saturated heterocycles. The van der Waals surface area contributed by atoms with Gasteiger partial charge in [0.1, 0.15) is 0 Å². The summed E-state index contributed by atoms with van der Waals surface area (Å²) in [7, 11) is 0. The van der Waals surface area contributed by atoms with Crippen molar-refractivity contribution in [3.63, 3.8) is 0 Å². The first kappa shape index (κ1) is 18.3. The third-order valence-corrected chi connectivity index (χ3v) is 2.50. The number of nitrogens with two attached hydrogens (primary N) is 1. The molecule has 3 N–H and O–H groups in total. The van der Waals surface area contributed by atoms with Crippen LogP contribution >= 0.6 is 0 Å². The average molecular weight is 283 g/mol. The number of aliphatic hydroxyl groups is 1. The molecule has 0 aromatic rings. The Morgan fingerprint density at radius 1 is 1.15 bits per heavy atom. The van der Waals surface area contributed by atoms with Crippen LogP contribution in [-0.2, 0) is 9.59 Å². The van der Waals surface area contributed by atoms with Crippen molar-refractivity contribution in [2.45, 2.75) is 33.3 Å². The van der Waals surface area contributed by atoms with Crippen LogP contribution in [0.3, 0.4) is 0 Å². The van der Waals surface area contributed by atoms with E-state index in [0.29, 0.717) is 18.5 Å². The van der Waals surface area contributed by atoms with Gasteiger partial charge in [0, 0.05) is 17.7 Å². The quantitative estimate of drug-likeness (QED) is 0.524. The van der Waals surface area contributed by atoms with Crippen LogP contribution < -0.4 is 5.73 Å². The zero-order valence-electron chi connectivity index (χ0n) is 12.6. The summed E-state index contributed by atoms with van der Waals surface area (Å²) in [6.07, 6.45) is -0.227. The Hall–Kier alpha value is -1.66. The van der Waals surface area contributed by atoms with Gasteiger partial charge in [-0.1, -0.05) is 13.2 Å². The molecule has 0 spiro atoms. The molecule has 0 fully saturated rings. The van der Waals surface area contributed by atoms with Crippen molar-refractivity contribution in [3.05, 3.63) is 24.3 Å². The van der Waals surface area contributed by atoms with E-state index in [1.807, 2.05) is 0 Å². The summed E-state index contributed by atoms with van der Waals surface area (Å²) >= 11 is 0. The third-order valence-electron chi connectivity index (χ3n) is 2.50. The van der Waals surface area contributed by atoms with E-state index in [9.17, 15) is 14.7 Å². The van der Waals surface area contributed by atoms with Gasteiger partial charge in [0.25, 0.3) is 11.8 Å². The van der Waals surface area contributed by atoms with Crippen LogP contribution in [0, 0.1) is 0 Å². The number of carbonyl (C=O) groups is 2. The van der Waals surface area contributed by atoms with Crippen molar-refractivity contribution in [2.24, 2.45) is 5.73 Å². The predicted molar refractivity (Wildman–Crippen MR) is 78.4 cm³/mol. The Morgan fingerprint density at radius 3 is 1.95 bits per heavy atom. The molecule has 6 heteroatoms. The maximum absolute atomic E-state index is 12.2. The first-order chi connectivity index (χ1) is 9.22. The van der Waals surface area contributed by atoms with Crippen LogP contribution in [0.5, 0.6) is 0 Å². The Morgan fingerprint density at radius 2 is 1.60 bits per heavy atom. The molecule has 0 rings (SSSR count). The lowest BCUT2D eigenvalue weighted by Crippen LogP contribution is -2.53. The van der Waals surface area contributed by atoms with Crippen molar-refractivity contribution in [2.75, 3.05) is 19.6 Å². The Balaban J connectivity index is 5.36. The van der Waals surface area contributed by atoms with Crippen LogP contribution in [0.25, 0.3) is 0 Å². The SMILES string of the molecule is C=C(C)C(=O)N(CCCN)N(CC(C)O)C(=O)C(=C)C. The summed E-state index contributed by atoms with van der Waals surface area (Å²) in [4.78, 5) is 24.3. The standard InChI is InChI=1S/C14H25N3O3/c1-10(2)13(19)16(8-6-7-15)17(9-12(5)18)14(20)11(3)4/h12,18H,1,3,6-9,15H2,2,4-5H3. The second-order valence-corrected chi connectivity index (χ2v) is 4.87. The van der Waals surface area contributed by atoms with E-state index in [1.165, 1.54) is 10.0 Å². The number of nitrogens with zero attached hydrogens (tertiary/aromatic N) is 2. The number of aliphatic hydroxyl groups excluding tert-OH is 1. The van der Waals surface area contributed by atoms with Gasteiger partial charge in [-0.05, 0) is 33.7 Å². The van der Waals surface area contributed by atoms with Crippen LogP contribution in [0.4, 0.5) is 0 Å². The molecule has 2 amide bonds. The zero-order valence-corrected chi connectivity index (χ0v) is 12.6. The monoisotopic (exact) mass is 283 g/mol. The van der Waals surface area contributed by atoms with Crippen LogP contribution in [-0.4, -0.2) is 52.7 Å². The number of carbonyl (C=O) groups excluding carboxylic acids is 2. The Labute approximate surface area is 120 Å². The summed E-state index contributed by atoms with van der Waals surface area (Å²) in [6.45, 7) is 12.6. The molecule has 114 valence electrons. The number of hydrogen-bond acceptors (Lipinski definition) is 4. The van der Waals surface area contributed by atoms with E-state index >= 15 is 0 Å². The lowest BCUT2D eigenvalue weighted by molar-refractivity contribution is -0.161. The highest BCUT2D eigenvalue weighted by Crippen LogP contribution is 2.10. The molecule has 0 heterocycles. The fourth-order valence-corrected chi connectivity index (χ4v) is 1.55. The predicted octanol–water partition coefficient (Wildman–Crippen LogP) is 0.440.